The van der Waals surface area contributed by atoms with Crippen molar-refractivity contribution in [1.82, 2.24) is 15.5 Å². The van der Waals surface area contributed by atoms with Gasteiger partial charge >= 0.3 is 0 Å². The second kappa shape index (κ2) is 10.3. The molecule has 0 aromatic rings. The summed E-state index contributed by atoms with van der Waals surface area (Å²) in [7, 11) is 0. The van der Waals surface area contributed by atoms with E-state index in [1.54, 1.807) is 0 Å². The molecule has 0 aromatic heterocycles. The Balaban J connectivity index is 4.08. The van der Waals surface area contributed by atoms with E-state index < -0.39 is 0 Å². The van der Waals surface area contributed by atoms with E-state index in [-0.39, 0.29) is 37.2 Å². The minimum absolute atomic E-state index is 0.0699. The Labute approximate surface area is 112 Å². The van der Waals surface area contributed by atoms with Crippen LogP contribution in [0.1, 0.15) is 13.3 Å². The lowest BCUT2D eigenvalue weighted by Crippen LogP contribution is -2.42. The van der Waals surface area contributed by atoms with Crippen LogP contribution >= 0.6 is 0 Å². The summed E-state index contributed by atoms with van der Waals surface area (Å²) in [4.78, 5) is 35.5. The second-order valence-electron chi connectivity index (χ2n) is 3.97. The van der Waals surface area contributed by atoms with Crippen LogP contribution in [0.3, 0.4) is 0 Å². The number of nitrogens with two attached hydrogens (primary N) is 2. The molecule has 8 heteroatoms. The van der Waals surface area contributed by atoms with Crippen LogP contribution in [0, 0.1) is 0 Å². The predicted octanol–water partition coefficient (Wildman–Crippen LogP) is -2.63. The van der Waals surface area contributed by atoms with Crippen LogP contribution in [0.25, 0.3) is 0 Å². The monoisotopic (exact) mass is 273 g/mol. The van der Waals surface area contributed by atoms with Gasteiger partial charge in [0.2, 0.25) is 17.7 Å². The summed E-state index contributed by atoms with van der Waals surface area (Å²) in [6, 6.07) is 0. The van der Waals surface area contributed by atoms with Crippen molar-refractivity contribution in [3.05, 3.63) is 0 Å². The molecule has 0 bridgehead atoms. The van der Waals surface area contributed by atoms with E-state index >= 15 is 0 Å². The Morgan fingerprint density at radius 1 is 1.00 bits per heavy atom. The third-order valence-corrected chi connectivity index (χ3v) is 2.32. The molecule has 0 aliphatic rings. The first kappa shape index (κ1) is 17.3. The zero-order chi connectivity index (χ0) is 14.7. The van der Waals surface area contributed by atoms with Gasteiger partial charge in [0.25, 0.3) is 0 Å². The van der Waals surface area contributed by atoms with E-state index in [1.807, 2.05) is 0 Å². The van der Waals surface area contributed by atoms with E-state index in [9.17, 15) is 14.4 Å². The molecule has 0 fully saturated rings. The van der Waals surface area contributed by atoms with Gasteiger partial charge < -0.3 is 27.0 Å². The molecule has 19 heavy (non-hydrogen) atoms. The van der Waals surface area contributed by atoms with Crippen molar-refractivity contribution in [1.29, 1.82) is 0 Å². The third-order valence-electron chi connectivity index (χ3n) is 2.32. The van der Waals surface area contributed by atoms with Crippen LogP contribution in [-0.2, 0) is 14.4 Å². The number of carbonyl (C=O) groups excluding carboxylic acids is 3. The first-order valence-electron chi connectivity index (χ1n) is 6.20. The number of nitrogens with zero attached hydrogens (tertiary/aromatic N) is 1. The van der Waals surface area contributed by atoms with Gasteiger partial charge in [-0.05, 0) is 0 Å². The standard InChI is InChI=1S/C11H23N5O3/c1-9(17)16(8-11(19)15-6-4-13)7-2-10(18)14-5-3-12/h2-8,12-13H2,1H3,(H,14,18)(H,15,19). The number of hydrogen-bond donors (Lipinski definition) is 4. The fourth-order valence-electron chi connectivity index (χ4n) is 1.33. The van der Waals surface area contributed by atoms with Crippen LogP contribution in [0.15, 0.2) is 0 Å². The van der Waals surface area contributed by atoms with E-state index in [0.717, 1.165) is 0 Å². The molecule has 0 spiro atoms. The number of amides is 3. The first-order valence-corrected chi connectivity index (χ1v) is 6.20. The highest BCUT2D eigenvalue weighted by Crippen LogP contribution is 1.93. The fraction of sp³-hybridized carbons (Fsp3) is 0.727. The largest absolute Gasteiger partial charge is 0.355 e. The Bertz CT molecular complexity index is 309. The Kier molecular flexibility index (Phi) is 9.37. The van der Waals surface area contributed by atoms with Crippen LogP contribution in [0.5, 0.6) is 0 Å². The molecule has 0 radical (unpaired) electrons. The van der Waals surface area contributed by atoms with Gasteiger partial charge in [0.05, 0.1) is 6.54 Å². The topological polar surface area (TPSA) is 131 Å². The highest BCUT2D eigenvalue weighted by Gasteiger charge is 2.14. The van der Waals surface area contributed by atoms with Gasteiger partial charge in [-0.15, -0.1) is 0 Å². The molecular weight excluding hydrogens is 250 g/mol. The average Bonchev–Trinajstić information content (AvgIpc) is 2.38. The lowest BCUT2D eigenvalue weighted by molar-refractivity contribution is -0.135. The zero-order valence-corrected chi connectivity index (χ0v) is 11.3. The van der Waals surface area contributed by atoms with E-state index in [2.05, 4.69) is 10.6 Å². The molecule has 110 valence electrons. The summed E-state index contributed by atoms with van der Waals surface area (Å²) < 4.78 is 0. The minimum Gasteiger partial charge on any atom is -0.355 e. The molecule has 0 aliphatic heterocycles. The first-order chi connectivity index (χ1) is 9.01. The molecule has 0 atom stereocenters. The molecule has 0 rings (SSSR count). The quantitative estimate of drug-likeness (QED) is 0.365. The average molecular weight is 273 g/mol. The zero-order valence-electron chi connectivity index (χ0n) is 11.3. The number of nitrogens with one attached hydrogen (secondary N) is 2. The maximum Gasteiger partial charge on any atom is 0.239 e. The summed E-state index contributed by atoms with van der Waals surface area (Å²) >= 11 is 0. The van der Waals surface area contributed by atoms with E-state index in [1.165, 1.54) is 11.8 Å². The molecule has 0 aliphatic carbocycles. The van der Waals surface area contributed by atoms with Crippen LogP contribution in [0.2, 0.25) is 0 Å². The highest BCUT2D eigenvalue weighted by atomic mass is 16.2. The summed E-state index contributed by atoms with van der Waals surface area (Å²) in [6.07, 6.45) is 0.143. The minimum atomic E-state index is -0.289. The molecule has 8 nitrogen and oxygen atoms in total. The van der Waals surface area contributed by atoms with Gasteiger partial charge in [0.15, 0.2) is 0 Å². The van der Waals surface area contributed by atoms with Crippen molar-refractivity contribution in [2.45, 2.75) is 13.3 Å². The second-order valence-corrected chi connectivity index (χ2v) is 3.97. The van der Waals surface area contributed by atoms with E-state index in [4.69, 9.17) is 11.5 Å². The van der Waals surface area contributed by atoms with Gasteiger partial charge in [-0.2, -0.15) is 0 Å². The SMILES string of the molecule is CC(=O)N(CCC(=O)NCCN)CC(=O)NCCN. The number of carbonyl (C=O) groups is 3. The van der Waals surface area contributed by atoms with Crippen LogP contribution in [-0.4, -0.2) is 61.9 Å². The highest BCUT2D eigenvalue weighted by molar-refractivity contribution is 5.84. The van der Waals surface area contributed by atoms with Crippen molar-refractivity contribution >= 4 is 17.7 Å². The smallest absolute Gasteiger partial charge is 0.239 e. The van der Waals surface area contributed by atoms with Crippen molar-refractivity contribution in [2.24, 2.45) is 11.5 Å². The number of hydrogen-bond acceptors (Lipinski definition) is 5. The van der Waals surface area contributed by atoms with E-state index in [0.29, 0.717) is 26.2 Å². The molecule has 6 N–H and O–H groups in total. The molecule has 0 saturated carbocycles. The van der Waals surface area contributed by atoms with Crippen molar-refractivity contribution < 1.29 is 14.4 Å². The Morgan fingerprint density at radius 2 is 1.53 bits per heavy atom. The van der Waals surface area contributed by atoms with Crippen molar-refractivity contribution in [3.8, 4) is 0 Å². The number of rotatable bonds is 9. The Morgan fingerprint density at radius 3 is 2.00 bits per heavy atom. The predicted molar refractivity (Wildman–Crippen MR) is 71.0 cm³/mol. The lowest BCUT2D eigenvalue weighted by atomic mass is 10.3. The molecule has 0 heterocycles. The maximum absolute atomic E-state index is 11.5. The van der Waals surface area contributed by atoms with Gasteiger partial charge in [-0.3, -0.25) is 14.4 Å². The van der Waals surface area contributed by atoms with Crippen molar-refractivity contribution in [3.63, 3.8) is 0 Å². The van der Waals surface area contributed by atoms with Gasteiger partial charge in [0, 0.05) is 46.1 Å². The van der Waals surface area contributed by atoms with Gasteiger partial charge in [-0.25, -0.2) is 0 Å². The van der Waals surface area contributed by atoms with Crippen LogP contribution < -0.4 is 22.1 Å². The maximum atomic E-state index is 11.5. The molecular formula is C11H23N5O3. The van der Waals surface area contributed by atoms with Gasteiger partial charge in [0.1, 0.15) is 0 Å². The molecule has 3 amide bonds. The molecule has 0 saturated heterocycles. The fourth-order valence-corrected chi connectivity index (χ4v) is 1.33. The van der Waals surface area contributed by atoms with Gasteiger partial charge in [-0.1, -0.05) is 0 Å². The summed E-state index contributed by atoms with van der Waals surface area (Å²) in [5, 5.41) is 5.16. The van der Waals surface area contributed by atoms with Crippen LogP contribution in [0.4, 0.5) is 0 Å². The summed E-state index contributed by atoms with van der Waals surface area (Å²) in [6.45, 7) is 2.95. The lowest BCUT2D eigenvalue weighted by Gasteiger charge is -2.20. The third kappa shape index (κ3) is 8.97. The van der Waals surface area contributed by atoms with Crippen molar-refractivity contribution in [2.75, 3.05) is 39.3 Å². The summed E-state index contributed by atoms with van der Waals surface area (Å²) in [5.41, 5.74) is 10.5. The molecule has 0 aromatic carbocycles. The molecule has 0 unspecified atom stereocenters. The normalized spacial score (nSPS) is 9.84. The summed E-state index contributed by atoms with van der Waals surface area (Å²) in [5.74, 6) is -0.739. The Hall–Kier alpha value is -1.67.